The number of amides is 1. The summed E-state index contributed by atoms with van der Waals surface area (Å²) in [6.45, 7) is 6.18. The molecule has 7 nitrogen and oxygen atoms in total. The first-order valence-electron chi connectivity index (χ1n) is 6.88. The van der Waals surface area contributed by atoms with Gasteiger partial charge in [-0.15, -0.1) is 5.10 Å². The smallest absolute Gasteiger partial charge is 0.326 e. The third-order valence-electron chi connectivity index (χ3n) is 3.69. The Morgan fingerprint density at radius 1 is 1.45 bits per heavy atom. The van der Waals surface area contributed by atoms with Gasteiger partial charge in [0.15, 0.2) is 0 Å². The van der Waals surface area contributed by atoms with E-state index < -0.39 is 17.9 Å². The molecule has 2 N–H and O–H groups in total. The van der Waals surface area contributed by atoms with Crippen LogP contribution < -0.4 is 0 Å². The molecule has 1 aliphatic heterocycles. The molecular weight excluding hydrogens is 260 g/mol. The number of nitrogens with zero attached hydrogens (tertiary/aromatic N) is 3. The quantitative estimate of drug-likeness (QED) is 0.868. The first-order valence-corrected chi connectivity index (χ1v) is 6.88. The average Bonchev–Trinajstić information content (AvgIpc) is 2.86. The van der Waals surface area contributed by atoms with Crippen molar-refractivity contribution in [2.24, 2.45) is 5.92 Å². The number of carbonyl (C=O) groups is 2. The molecule has 0 radical (unpaired) electrons. The Morgan fingerprint density at radius 3 is 2.70 bits per heavy atom. The molecule has 110 valence electrons. The molecule has 1 amide bonds. The zero-order valence-electron chi connectivity index (χ0n) is 12.0. The Hall–Kier alpha value is -1.92. The number of carboxylic acid groups (broad SMARTS) is 1. The van der Waals surface area contributed by atoms with E-state index in [1.807, 2.05) is 20.8 Å². The van der Waals surface area contributed by atoms with E-state index in [4.69, 9.17) is 0 Å². The Labute approximate surface area is 117 Å². The van der Waals surface area contributed by atoms with Crippen molar-refractivity contribution in [3.8, 4) is 0 Å². The van der Waals surface area contributed by atoms with Crippen LogP contribution in [0.15, 0.2) is 0 Å². The number of H-pyrrole nitrogens is 1. The van der Waals surface area contributed by atoms with E-state index in [9.17, 15) is 14.7 Å². The molecule has 20 heavy (non-hydrogen) atoms. The van der Waals surface area contributed by atoms with Crippen LogP contribution in [0.3, 0.4) is 0 Å². The van der Waals surface area contributed by atoms with Crippen LogP contribution in [0.4, 0.5) is 0 Å². The third-order valence-corrected chi connectivity index (χ3v) is 3.69. The van der Waals surface area contributed by atoms with Crippen LogP contribution in [0.25, 0.3) is 0 Å². The van der Waals surface area contributed by atoms with Gasteiger partial charge < -0.3 is 10.0 Å². The van der Waals surface area contributed by atoms with Crippen molar-refractivity contribution in [2.75, 3.05) is 6.54 Å². The van der Waals surface area contributed by atoms with Crippen molar-refractivity contribution in [1.82, 2.24) is 20.1 Å². The Balaban J connectivity index is 2.23. The van der Waals surface area contributed by atoms with Gasteiger partial charge in [-0.05, 0) is 18.8 Å². The van der Waals surface area contributed by atoms with Crippen molar-refractivity contribution in [1.29, 1.82) is 0 Å². The van der Waals surface area contributed by atoms with Gasteiger partial charge in [0.05, 0.1) is 0 Å². The van der Waals surface area contributed by atoms with Crippen molar-refractivity contribution in [3.63, 3.8) is 0 Å². The lowest BCUT2D eigenvalue weighted by Gasteiger charge is -2.36. The number of aliphatic carboxylic acids is 1. The van der Waals surface area contributed by atoms with Gasteiger partial charge in [0.2, 0.25) is 5.82 Å². The molecule has 1 aliphatic rings. The molecule has 2 rings (SSSR count). The van der Waals surface area contributed by atoms with Gasteiger partial charge in [-0.25, -0.2) is 9.78 Å². The maximum atomic E-state index is 12.4. The molecule has 1 fully saturated rings. The number of aromatic nitrogens is 3. The fraction of sp³-hybridized carbons (Fsp3) is 0.692. The van der Waals surface area contributed by atoms with Gasteiger partial charge in [-0.3, -0.25) is 9.89 Å². The van der Waals surface area contributed by atoms with Crippen LogP contribution in [-0.4, -0.2) is 49.7 Å². The Morgan fingerprint density at radius 2 is 2.15 bits per heavy atom. The zero-order valence-corrected chi connectivity index (χ0v) is 12.0. The minimum Gasteiger partial charge on any atom is -0.480 e. The van der Waals surface area contributed by atoms with Gasteiger partial charge in [0.25, 0.3) is 5.91 Å². The molecular formula is C13H20N4O3. The maximum Gasteiger partial charge on any atom is 0.326 e. The number of hydrogen-bond donors (Lipinski definition) is 2. The van der Waals surface area contributed by atoms with Crippen molar-refractivity contribution in [2.45, 2.75) is 45.6 Å². The standard InChI is InChI=1S/C13H20N4O3/c1-7(2)10-14-11(16-15-10)12(18)17-6-4-5-8(3)9(17)13(19)20/h7-9H,4-6H2,1-3H3,(H,19,20)(H,14,15,16). The number of aromatic amines is 1. The second-order valence-corrected chi connectivity index (χ2v) is 5.60. The largest absolute Gasteiger partial charge is 0.480 e. The minimum atomic E-state index is -0.967. The molecule has 0 aliphatic carbocycles. The Bertz CT molecular complexity index is 511. The van der Waals surface area contributed by atoms with Gasteiger partial charge in [-0.2, -0.15) is 0 Å². The second-order valence-electron chi connectivity index (χ2n) is 5.60. The minimum absolute atomic E-state index is 0.0500. The van der Waals surface area contributed by atoms with Crippen LogP contribution in [0.1, 0.15) is 56.0 Å². The molecule has 1 saturated heterocycles. The summed E-state index contributed by atoms with van der Waals surface area (Å²) in [5.74, 6) is -0.620. The summed E-state index contributed by atoms with van der Waals surface area (Å²) < 4.78 is 0. The number of rotatable bonds is 3. The normalized spacial score (nSPS) is 23.1. The number of carboxylic acids is 1. The van der Waals surface area contributed by atoms with E-state index >= 15 is 0 Å². The predicted octanol–water partition coefficient (Wildman–Crippen LogP) is 1.25. The number of carbonyl (C=O) groups excluding carboxylic acids is 1. The molecule has 1 aromatic heterocycles. The highest BCUT2D eigenvalue weighted by Crippen LogP contribution is 2.24. The van der Waals surface area contributed by atoms with Gasteiger partial charge in [0, 0.05) is 12.5 Å². The van der Waals surface area contributed by atoms with Crippen LogP contribution in [0.2, 0.25) is 0 Å². The fourth-order valence-electron chi connectivity index (χ4n) is 2.55. The summed E-state index contributed by atoms with van der Waals surface area (Å²) in [4.78, 5) is 29.3. The van der Waals surface area contributed by atoms with Crippen molar-refractivity contribution >= 4 is 11.9 Å². The van der Waals surface area contributed by atoms with E-state index in [0.717, 1.165) is 12.8 Å². The van der Waals surface area contributed by atoms with Gasteiger partial charge in [0.1, 0.15) is 11.9 Å². The average molecular weight is 280 g/mol. The molecule has 7 heteroatoms. The molecule has 0 aromatic carbocycles. The molecule has 2 unspecified atom stereocenters. The van der Waals surface area contributed by atoms with Crippen LogP contribution in [0, 0.1) is 5.92 Å². The molecule has 2 heterocycles. The van der Waals surface area contributed by atoms with E-state index in [0.29, 0.717) is 12.4 Å². The summed E-state index contributed by atoms with van der Waals surface area (Å²) in [5, 5.41) is 16.0. The fourth-order valence-corrected chi connectivity index (χ4v) is 2.55. The monoisotopic (exact) mass is 280 g/mol. The van der Waals surface area contributed by atoms with Crippen molar-refractivity contribution < 1.29 is 14.7 Å². The summed E-state index contributed by atoms with van der Waals surface area (Å²) in [5.41, 5.74) is 0. The highest BCUT2D eigenvalue weighted by molar-refractivity contribution is 5.93. The lowest BCUT2D eigenvalue weighted by atomic mass is 9.90. The first kappa shape index (κ1) is 14.5. The lowest BCUT2D eigenvalue weighted by molar-refractivity contribution is -0.145. The number of hydrogen-bond acceptors (Lipinski definition) is 4. The molecule has 2 atom stereocenters. The van der Waals surface area contributed by atoms with E-state index in [1.54, 1.807) is 0 Å². The van der Waals surface area contributed by atoms with Gasteiger partial charge in [-0.1, -0.05) is 20.8 Å². The third kappa shape index (κ3) is 2.66. The highest BCUT2D eigenvalue weighted by atomic mass is 16.4. The predicted molar refractivity (Wildman–Crippen MR) is 71.3 cm³/mol. The van der Waals surface area contributed by atoms with E-state index in [1.165, 1.54) is 4.90 Å². The summed E-state index contributed by atoms with van der Waals surface area (Å²) >= 11 is 0. The number of nitrogens with one attached hydrogen (secondary N) is 1. The van der Waals surface area contributed by atoms with Crippen LogP contribution in [-0.2, 0) is 4.79 Å². The summed E-state index contributed by atoms with van der Waals surface area (Å²) in [7, 11) is 0. The lowest BCUT2D eigenvalue weighted by Crippen LogP contribution is -2.52. The van der Waals surface area contributed by atoms with Crippen LogP contribution in [0.5, 0.6) is 0 Å². The van der Waals surface area contributed by atoms with E-state index in [2.05, 4.69) is 15.2 Å². The maximum absolute atomic E-state index is 12.4. The SMILES string of the molecule is CC(C)c1nc(C(=O)N2CCCC(C)C2C(=O)O)n[nH]1. The number of likely N-dealkylation sites (tertiary alicyclic amines) is 1. The second kappa shape index (κ2) is 5.60. The molecule has 0 bridgehead atoms. The zero-order chi connectivity index (χ0) is 14.9. The molecule has 0 spiro atoms. The molecule has 0 saturated carbocycles. The Kier molecular flexibility index (Phi) is 4.06. The summed E-state index contributed by atoms with van der Waals surface area (Å²) in [6, 6.07) is -0.794. The number of piperidine rings is 1. The summed E-state index contributed by atoms with van der Waals surface area (Å²) in [6.07, 6.45) is 1.62. The topological polar surface area (TPSA) is 99.2 Å². The first-order chi connectivity index (χ1) is 9.41. The van der Waals surface area contributed by atoms with E-state index in [-0.39, 0.29) is 17.7 Å². The highest BCUT2D eigenvalue weighted by Gasteiger charge is 2.38. The van der Waals surface area contributed by atoms with Crippen molar-refractivity contribution in [3.05, 3.63) is 11.6 Å². The molecule has 1 aromatic rings. The van der Waals surface area contributed by atoms with Gasteiger partial charge >= 0.3 is 5.97 Å². The van der Waals surface area contributed by atoms with Crippen LogP contribution >= 0.6 is 0 Å².